The molecule has 2 saturated heterocycles. The normalized spacial score (nSPS) is 27.8. The van der Waals surface area contributed by atoms with Gasteiger partial charge in [0.15, 0.2) is 9.84 Å². The molecule has 1 amide bonds. The molecule has 0 aliphatic carbocycles. The molecule has 120 valence electrons. The Kier molecular flexibility index (Phi) is 3.71. The maximum absolute atomic E-state index is 12.3. The Morgan fingerprint density at radius 3 is 2.14 bits per heavy atom. The summed E-state index contributed by atoms with van der Waals surface area (Å²) in [5.41, 5.74) is -1.06. The fourth-order valence-corrected chi connectivity index (χ4v) is 5.68. The highest BCUT2D eigenvalue weighted by molar-refractivity contribution is 7.91. The van der Waals surface area contributed by atoms with Crippen molar-refractivity contribution in [2.24, 2.45) is 11.3 Å². The Morgan fingerprint density at radius 2 is 1.71 bits per heavy atom. The quantitative estimate of drug-likeness (QED) is 0.746. The summed E-state index contributed by atoms with van der Waals surface area (Å²) in [5, 5.41) is 9.14. The average molecular weight is 329 g/mol. The van der Waals surface area contributed by atoms with Gasteiger partial charge in [0.05, 0.1) is 17.4 Å². The van der Waals surface area contributed by atoms with Crippen LogP contribution in [0.1, 0.15) is 12.8 Å². The molecule has 1 unspecified atom stereocenters. The fourth-order valence-electron chi connectivity index (χ4n) is 3.19. The molecule has 2 heterocycles. The second-order valence-corrected chi connectivity index (χ2v) is 7.71. The maximum atomic E-state index is 12.3. The SMILES string of the molecule is O=C(O)C1CS(=O)(=O)CC12CCN(C(=O)C(F)(F)F)CC2. The molecule has 2 aliphatic heterocycles. The number of piperidine rings is 1. The van der Waals surface area contributed by atoms with E-state index in [1.807, 2.05) is 0 Å². The number of sulfone groups is 1. The Balaban J connectivity index is 2.15. The minimum Gasteiger partial charge on any atom is -0.481 e. The van der Waals surface area contributed by atoms with Gasteiger partial charge in [0.25, 0.3) is 0 Å². The van der Waals surface area contributed by atoms with Crippen molar-refractivity contribution in [3.63, 3.8) is 0 Å². The topological polar surface area (TPSA) is 91.8 Å². The highest BCUT2D eigenvalue weighted by Crippen LogP contribution is 2.46. The van der Waals surface area contributed by atoms with Gasteiger partial charge in [-0.15, -0.1) is 0 Å². The van der Waals surface area contributed by atoms with Crippen molar-refractivity contribution < 1.29 is 36.3 Å². The van der Waals surface area contributed by atoms with Gasteiger partial charge in [-0.3, -0.25) is 9.59 Å². The Bertz CT molecular complexity index is 563. The summed E-state index contributed by atoms with van der Waals surface area (Å²) in [4.78, 5) is 23.0. The lowest BCUT2D eigenvalue weighted by molar-refractivity contribution is -0.187. The van der Waals surface area contributed by atoms with Gasteiger partial charge in [0, 0.05) is 18.5 Å². The van der Waals surface area contributed by atoms with Crippen LogP contribution in [0.4, 0.5) is 13.2 Å². The van der Waals surface area contributed by atoms with Crippen LogP contribution < -0.4 is 0 Å². The van der Waals surface area contributed by atoms with Crippen LogP contribution in [-0.2, 0) is 19.4 Å². The number of carboxylic acid groups (broad SMARTS) is 1. The van der Waals surface area contributed by atoms with Crippen LogP contribution in [0.2, 0.25) is 0 Å². The monoisotopic (exact) mass is 329 g/mol. The van der Waals surface area contributed by atoms with Crippen molar-refractivity contribution in [3.05, 3.63) is 0 Å². The molecular weight excluding hydrogens is 315 g/mol. The zero-order valence-corrected chi connectivity index (χ0v) is 11.7. The van der Waals surface area contributed by atoms with Crippen LogP contribution in [0.15, 0.2) is 0 Å². The number of likely N-dealkylation sites (tertiary alicyclic amines) is 1. The summed E-state index contributed by atoms with van der Waals surface area (Å²) in [6.07, 6.45) is -5.07. The number of amides is 1. The number of nitrogens with zero attached hydrogens (tertiary/aromatic N) is 1. The van der Waals surface area contributed by atoms with Gasteiger partial charge in [0.1, 0.15) is 0 Å². The van der Waals surface area contributed by atoms with Crippen molar-refractivity contribution >= 4 is 21.7 Å². The third-order valence-corrected chi connectivity index (χ3v) is 6.11. The first kappa shape index (κ1) is 16.1. The highest BCUT2D eigenvalue weighted by Gasteiger charge is 2.56. The Hall–Kier alpha value is -1.32. The molecule has 2 rings (SSSR count). The molecule has 21 heavy (non-hydrogen) atoms. The molecule has 0 bridgehead atoms. The van der Waals surface area contributed by atoms with Gasteiger partial charge in [0.2, 0.25) is 0 Å². The number of carbonyl (C=O) groups is 2. The summed E-state index contributed by atoms with van der Waals surface area (Å²) in [5.74, 6) is -5.18. The van der Waals surface area contributed by atoms with Crippen LogP contribution in [0, 0.1) is 11.3 Å². The van der Waals surface area contributed by atoms with Crippen molar-refractivity contribution in [2.75, 3.05) is 24.6 Å². The summed E-state index contributed by atoms with van der Waals surface area (Å²) in [6.45, 7) is -0.560. The van der Waals surface area contributed by atoms with Gasteiger partial charge in [-0.25, -0.2) is 8.42 Å². The van der Waals surface area contributed by atoms with Gasteiger partial charge >= 0.3 is 18.1 Å². The van der Waals surface area contributed by atoms with E-state index in [-0.39, 0.29) is 31.7 Å². The molecule has 0 radical (unpaired) electrons. The number of halogens is 3. The lowest BCUT2D eigenvalue weighted by Gasteiger charge is -2.40. The second-order valence-electron chi connectivity index (χ2n) is 5.60. The van der Waals surface area contributed by atoms with E-state index < -0.39 is 45.0 Å². The predicted molar refractivity (Wildman–Crippen MR) is 64.1 cm³/mol. The first-order chi connectivity index (χ1) is 9.47. The van der Waals surface area contributed by atoms with Gasteiger partial charge in [-0.1, -0.05) is 0 Å². The molecule has 6 nitrogen and oxygen atoms in total. The summed E-state index contributed by atoms with van der Waals surface area (Å²) >= 11 is 0. The smallest absolute Gasteiger partial charge is 0.471 e. The number of aliphatic carboxylic acids is 1. The van der Waals surface area contributed by atoms with Crippen LogP contribution in [0.3, 0.4) is 0 Å². The molecule has 0 aromatic rings. The minimum absolute atomic E-state index is 0.0506. The number of carbonyl (C=O) groups excluding carboxylic acids is 1. The zero-order valence-electron chi connectivity index (χ0n) is 10.9. The van der Waals surface area contributed by atoms with Crippen LogP contribution in [-0.4, -0.2) is 61.1 Å². The molecule has 10 heteroatoms. The minimum atomic E-state index is -4.97. The summed E-state index contributed by atoms with van der Waals surface area (Å²) < 4.78 is 60.4. The van der Waals surface area contributed by atoms with Crippen molar-refractivity contribution in [1.82, 2.24) is 4.90 Å². The number of rotatable bonds is 1. The number of hydrogen-bond acceptors (Lipinski definition) is 4. The average Bonchev–Trinajstić information content (AvgIpc) is 2.60. The fraction of sp³-hybridized carbons (Fsp3) is 0.818. The maximum Gasteiger partial charge on any atom is 0.471 e. The van der Waals surface area contributed by atoms with Crippen LogP contribution >= 0.6 is 0 Å². The lowest BCUT2D eigenvalue weighted by atomic mass is 9.71. The molecule has 2 aliphatic rings. The standard InChI is InChI=1S/C11H14F3NO5S/c12-11(13,14)9(18)15-3-1-10(2-4-15)6-21(19,20)5-7(10)8(16)17/h7H,1-6H2,(H,16,17). The van der Waals surface area contributed by atoms with Gasteiger partial charge in [-0.2, -0.15) is 13.2 Å². The third kappa shape index (κ3) is 2.99. The molecule has 1 spiro atoms. The molecule has 0 saturated carbocycles. The van der Waals surface area contributed by atoms with E-state index >= 15 is 0 Å². The molecule has 0 aromatic heterocycles. The van der Waals surface area contributed by atoms with E-state index in [2.05, 4.69) is 0 Å². The lowest BCUT2D eigenvalue weighted by Crippen LogP contribution is -2.50. The van der Waals surface area contributed by atoms with Crippen LogP contribution in [0.25, 0.3) is 0 Å². The van der Waals surface area contributed by atoms with E-state index in [0.717, 1.165) is 0 Å². The van der Waals surface area contributed by atoms with Crippen molar-refractivity contribution in [3.8, 4) is 0 Å². The second kappa shape index (κ2) is 4.85. The summed E-state index contributed by atoms with van der Waals surface area (Å²) in [6, 6.07) is 0. The van der Waals surface area contributed by atoms with Crippen molar-refractivity contribution in [1.29, 1.82) is 0 Å². The van der Waals surface area contributed by atoms with Gasteiger partial charge < -0.3 is 10.0 Å². The third-order valence-electron chi connectivity index (χ3n) is 4.25. The molecule has 0 aromatic carbocycles. The van der Waals surface area contributed by atoms with E-state index in [4.69, 9.17) is 5.11 Å². The van der Waals surface area contributed by atoms with Crippen molar-refractivity contribution in [2.45, 2.75) is 19.0 Å². The Labute approximate surface area is 118 Å². The Morgan fingerprint density at radius 1 is 1.19 bits per heavy atom. The van der Waals surface area contributed by atoms with E-state index in [0.29, 0.717) is 4.90 Å². The molecule has 2 fully saturated rings. The zero-order chi connectivity index (χ0) is 16.1. The van der Waals surface area contributed by atoms with E-state index in [1.165, 1.54) is 0 Å². The van der Waals surface area contributed by atoms with E-state index in [9.17, 15) is 31.2 Å². The molecular formula is C11H14F3NO5S. The first-order valence-corrected chi connectivity index (χ1v) is 8.08. The first-order valence-electron chi connectivity index (χ1n) is 6.26. The highest BCUT2D eigenvalue weighted by atomic mass is 32.2. The predicted octanol–water partition coefficient (Wildman–Crippen LogP) is 0.287. The van der Waals surface area contributed by atoms with Gasteiger partial charge in [-0.05, 0) is 12.8 Å². The van der Waals surface area contributed by atoms with E-state index in [1.54, 1.807) is 0 Å². The number of hydrogen-bond donors (Lipinski definition) is 1. The molecule has 1 N–H and O–H groups in total. The largest absolute Gasteiger partial charge is 0.481 e. The number of carboxylic acids is 1. The van der Waals surface area contributed by atoms with Crippen LogP contribution in [0.5, 0.6) is 0 Å². The number of alkyl halides is 3. The molecule has 1 atom stereocenters. The summed E-state index contributed by atoms with van der Waals surface area (Å²) in [7, 11) is -3.52.